The van der Waals surface area contributed by atoms with E-state index in [4.69, 9.17) is 14.2 Å². The van der Waals surface area contributed by atoms with Crippen molar-refractivity contribution in [3.63, 3.8) is 0 Å². The summed E-state index contributed by atoms with van der Waals surface area (Å²) in [7, 11) is 0. The van der Waals surface area contributed by atoms with Crippen LogP contribution in [0.2, 0.25) is 0 Å². The average Bonchev–Trinajstić information content (AvgIpc) is 3.41. The molecule has 0 N–H and O–H groups in total. The first-order chi connectivity index (χ1) is 37.0. The van der Waals surface area contributed by atoms with Gasteiger partial charge in [-0.25, -0.2) is 0 Å². The molecule has 0 fully saturated rings. The van der Waals surface area contributed by atoms with Crippen molar-refractivity contribution >= 4 is 17.9 Å². The molecule has 0 heterocycles. The van der Waals surface area contributed by atoms with Crippen LogP contribution in [0.15, 0.2) is 109 Å². The van der Waals surface area contributed by atoms with E-state index in [1.165, 1.54) is 116 Å². The smallest absolute Gasteiger partial charge is 0.306 e. The number of esters is 3. The zero-order valence-electron chi connectivity index (χ0n) is 49.0. The van der Waals surface area contributed by atoms with Gasteiger partial charge < -0.3 is 14.2 Å². The molecule has 0 amide bonds. The number of ether oxygens (including phenoxy) is 3. The Balaban J connectivity index is 4.26. The molecule has 0 saturated heterocycles. The number of hydrogen-bond donors (Lipinski definition) is 0. The number of allylic oxidation sites excluding steroid dienone is 18. The van der Waals surface area contributed by atoms with Gasteiger partial charge in [-0.3, -0.25) is 14.4 Å². The predicted molar refractivity (Wildman–Crippen MR) is 325 cm³/mol. The molecule has 75 heavy (non-hydrogen) atoms. The van der Waals surface area contributed by atoms with Gasteiger partial charge in [0.2, 0.25) is 0 Å². The van der Waals surface area contributed by atoms with Gasteiger partial charge in [-0.05, 0) is 122 Å². The third-order valence-corrected chi connectivity index (χ3v) is 13.2. The largest absolute Gasteiger partial charge is 0.462 e. The minimum atomic E-state index is -0.801. The molecule has 0 saturated carbocycles. The van der Waals surface area contributed by atoms with Crippen molar-refractivity contribution in [2.24, 2.45) is 0 Å². The summed E-state index contributed by atoms with van der Waals surface area (Å²) in [5, 5.41) is 0. The summed E-state index contributed by atoms with van der Waals surface area (Å²) in [5.74, 6) is -0.940. The molecule has 1 unspecified atom stereocenters. The lowest BCUT2D eigenvalue weighted by Gasteiger charge is -2.18. The highest BCUT2D eigenvalue weighted by atomic mass is 16.6. The number of carbonyl (C=O) groups excluding carboxylic acids is 3. The third kappa shape index (κ3) is 60.8. The van der Waals surface area contributed by atoms with Crippen molar-refractivity contribution in [2.45, 2.75) is 297 Å². The third-order valence-electron chi connectivity index (χ3n) is 13.2. The van der Waals surface area contributed by atoms with Crippen LogP contribution in [0.1, 0.15) is 290 Å². The molecule has 0 aromatic carbocycles. The van der Waals surface area contributed by atoms with E-state index in [9.17, 15) is 14.4 Å². The summed E-state index contributed by atoms with van der Waals surface area (Å²) >= 11 is 0. The molecule has 6 heteroatoms. The number of carbonyl (C=O) groups is 3. The monoisotopic (exact) mass is 1040 g/mol. The van der Waals surface area contributed by atoms with Crippen LogP contribution in [-0.4, -0.2) is 37.2 Å². The van der Waals surface area contributed by atoms with Crippen molar-refractivity contribution in [1.29, 1.82) is 0 Å². The van der Waals surface area contributed by atoms with Crippen LogP contribution in [0.3, 0.4) is 0 Å². The second-order valence-corrected chi connectivity index (χ2v) is 20.5. The van der Waals surface area contributed by atoms with Crippen LogP contribution < -0.4 is 0 Å². The van der Waals surface area contributed by atoms with Crippen molar-refractivity contribution in [2.75, 3.05) is 13.2 Å². The molecule has 0 bridgehead atoms. The van der Waals surface area contributed by atoms with Crippen LogP contribution in [0.4, 0.5) is 0 Å². The molecule has 428 valence electrons. The van der Waals surface area contributed by atoms with Crippen molar-refractivity contribution < 1.29 is 28.6 Å². The Labute approximate surface area is 463 Å². The lowest BCUT2D eigenvalue weighted by molar-refractivity contribution is -0.167. The topological polar surface area (TPSA) is 78.9 Å². The van der Waals surface area contributed by atoms with Gasteiger partial charge >= 0.3 is 17.9 Å². The second-order valence-electron chi connectivity index (χ2n) is 20.5. The lowest BCUT2D eigenvalue weighted by atomic mass is 10.0. The number of unbranched alkanes of at least 4 members (excludes halogenated alkanes) is 27. The Bertz CT molecular complexity index is 1520. The number of hydrogen-bond acceptors (Lipinski definition) is 6. The predicted octanol–water partition coefficient (Wildman–Crippen LogP) is 21.4. The highest BCUT2D eigenvalue weighted by Crippen LogP contribution is 2.16. The van der Waals surface area contributed by atoms with Gasteiger partial charge in [0.25, 0.3) is 0 Å². The van der Waals surface area contributed by atoms with E-state index in [0.29, 0.717) is 19.3 Å². The molecule has 0 aliphatic carbocycles. The Hall–Kier alpha value is -3.93. The van der Waals surface area contributed by atoms with Gasteiger partial charge in [-0.15, -0.1) is 0 Å². The maximum atomic E-state index is 12.9. The molecular weight excluding hydrogens is 925 g/mol. The van der Waals surface area contributed by atoms with Gasteiger partial charge in [0, 0.05) is 19.3 Å². The molecule has 0 spiro atoms. The first kappa shape index (κ1) is 71.1. The molecular formula is C69H116O6. The molecule has 6 nitrogen and oxygen atoms in total. The summed E-state index contributed by atoms with van der Waals surface area (Å²) in [6, 6.07) is 0. The maximum absolute atomic E-state index is 12.9. The minimum absolute atomic E-state index is 0.0953. The van der Waals surface area contributed by atoms with E-state index in [-0.39, 0.29) is 31.1 Å². The van der Waals surface area contributed by atoms with Crippen LogP contribution in [0.5, 0.6) is 0 Å². The highest BCUT2D eigenvalue weighted by molar-refractivity contribution is 5.71. The van der Waals surface area contributed by atoms with Gasteiger partial charge in [0.05, 0.1) is 0 Å². The minimum Gasteiger partial charge on any atom is -0.462 e. The first-order valence-electron chi connectivity index (χ1n) is 31.4. The molecule has 0 aromatic rings. The summed E-state index contributed by atoms with van der Waals surface area (Å²) in [5.41, 5.74) is 0. The fourth-order valence-electron chi connectivity index (χ4n) is 8.60. The first-order valence-corrected chi connectivity index (χ1v) is 31.4. The zero-order valence-corrected chi connectivity index (χ0v) is 49.0. The summed E-state index contributed by atoms with van der Waals surface area (Å²) in [6.45, 7) is 6.37. The molecule has 0 aromatic heterocycles. The maximum Gasteiger partial charge on any atom is 0.306 e. The lowest BCUT2D eigenvalue weighted by Crippen LogP contribution is -2.30. The van der Waals surface area contributed by atoms with Gasteiger partial charge in [0.15, 0.2) is 6.10 Å². The van der Waals surface area contributed by atoms with E-state index in [1.807, 2.05) is 0 Å². The average molecular weight is 1040 g/mol. The standard InChI is InChI=1S/C69H116O6/c1-4-7-10-13-16-19-22-25-27-28-29-30-31-32-33-34-35-36-37-38-39-40-42-44-47-50-53-56-59-62-68(71)74-65-66(64-73-67(70)61-58-55-52-49-46-43-24-21-18-15-12-9-6-3)75-69(72)63-60-57-54-51-48-45-41-26-23-20-17-14-11-8-5-2/h8-9,11-12,17-18,20-22,25-26,28-29,31-32,41,43,46,66H,4-7,10,13-16,19,23-24,27,30,33-40,42,44-45,47-65H2,1-3H3/b11-8-,12-9-,20-17-,21-18-,25-22-,29-28-,32-31-,41-26-,46-43-. The van der Waals surface area contributed by atoms with Gasteiger partial charge in [-0.2, -0.15) is 0 Å². The zero-order chi connectivity index (χ0) is 54.3. The fraction of sp³-hybridized carbons (Fsp3) is 0.696. The quantitative estimate of drug-likeness (QED) is 0.0261. The van der Waals surface area contributed by atoms with E-state index < -0.39 is 6.10 Å². The Morgan fingerprint density at radius 1 is 0.280 bits per heavy atom. The summed E-state index contributed by atoms with van der Waals surface area (Å²) in [4.78, 5) is 38.2. The van der Waals surface area contributed by atoms with Crippen molar-refractivity contribution in [1.82, 2.24) is 0 Å². The van der Waals surface area contributed by atoms with Gasteiger partial charge in [-0.1, -0.05) is 259 Å². The summed E-state index contributed by atoms with van der Waals surface area (Å²) < 4.78 is 16.8. The van der Waals surface area contributed by atoms with E-state index in [0.717, 1.165) is 135 Å². The molecule has 1 atom stereocenters. The molecule has 0 rings (SSSR count). The van der Waals surface area contributed by atoms with Crippen molar-refractivity contribution in [3.05, 3.63) is 109 Å². The molecule has 0 aliphatic heterocycles. The molecule has 0 aliphatic rings. The number of rotatable bonds is 56. The van der Waals surface area contributed by atoms with E-state index in [2.05, 4.69) is 130 Å². The van der Waals surface area contributed by atoms with Crippen LogP contribution in [0, 0.1) is 0 Å². The summed E-state index contributed by atoms with van der Waals surface area (Å²) in [6.07, 6.45) is 85.4. The van der Waals surface area contributed by atoms with Gasteiger partial charge in [0.1, 0.15) is 13.2 Å². The van der Waals surface area contributed by atoms with Crippen molar-refractivity contribution in [3.8, 4) is 0 Å². The van der Waals surface area contributed by atoms with Crippen LogP contribution >= 0.6 is 0 Å². The molecule has 0 radical (unpaired) electrons. The second kappa shape index (κ2) is 62.6. The van der Waals surface area contributed by atoms with Crippen LogP contribution in [0.25, 0.3) is 0 Å². The Kier molecular flexibility index (Phi) is 59.3. The fourth-order valence-corrected chi connectivity index (χ4v) is 8.60. The Morgan fingerprint density at radius 3 is 0.827 bits per heavy atom. The van der Waals surface area contributed by atoms with Crippen LogP contribution in [-0.2, 0) is 28.6 Å². The normalized spacial score (nSPS) is 12.8. The highest BCUT2D eigenvalue weighted by Gasteiger charge is 2.19. The SMILES string of the molecule is CC/C=C\C/C=C\C/C=C\CCCCCCCC(=O)OC(COC(=O)CCCCC/C=C\C/C=C\C/C=C\CC)COC(=O)CCCCCCCCCCCCCCCC/C=C\C/C=C\C/C=C\CCCCCCC. The van der Waals surface area contributed by atoms with E-state index in [1.54, 1.807) is 0 Å². The van der Waals surface area contributed by atoms with E-state index >= 15 is 0 Å². The Morgan fingerprint density at radius 2 is 0.520 bits per heavy atom.